The summed E-state index contributed by atoms with van der Waals surface area (Å²) in [4.78, 5) is 4.79. The first-order chi connectivity index (χ1) is 20.8. The number of alkyl halides is 3. The van der Waals surface area contributed by atoms with E-state index < -0.39 is 27.8 Å². The molecule has 2 heterocycles. The number of halogens is 4. The molecule has 13 heteroatoms. The molecule has 0 saturated heterocycles. The van der Waals surface area contributed by atoms with Gasteiger partial charge in [-0.05, 0) is 59.8 Å². The lowest BCUT2D eigenvalue weighted by atomic mass is 9.94. The number of benzene rings is 3. The van der Waals surface area contributed by atoms with Gasteiger partial charge in [-0.15, -0.1) is 11.3 Å². The van der Waals surface area contributed by atoms with Crippen LogP contribution in [-0.2, 0) is 15.6 Å². The van der Waals surface area contributed by atoms with Crippen molar-refractivity contribution in [1.29, 1.82) is 0 Å². The predicted molar refractivity (Wildman–Crippen MR) is 164 cm³/mol. The summed E-state index contributed by atoms with van der Waals surface area (Å²) in [6, 6.07) is 19.5. The SMILES string of the molecule is COc1ccc(S(=O)(=O)NC(c2cc3cccc(-c4cc([C@@](C)(O)C(F)(F)F)ccn4)c3s2)c2ccccc2Cl)cc1OC. The number of pyridine rings is 1. The van der Waals surface area contributed by atoms with Gasteiger partial charge in [0.15, 0.2) is 17.1 Å². The molecule has 2 aromatic heterocycles. The highest BCUT2D eigenvalue weighted by molar-refractivity contribution is 7.89. The fourth-order valence-electron chi connectivity index (χ4n) is 4.66. The zero-order valence-corrected chi connectivity index (χ0v) is 25.9. The number of rotatable bonds is 9. The van der Waals surface area contributed by atoms with Gasteiger partial charge >= 0.3 is 6.18 Å². The Labute approximate surface area is 260 Å². The summed E-state index contributed by atoms with van der Waals surface area (Å²) < 4.78 is 82.1. The van der Waals surface area contributed by atoms with Crippen molar-refractivity contribution in [2.45, 2.75) is 29.6 Å². The van der Waals surface area contributed by atoms with E-state index in [4.69, 9.17) is 21.1 Å². The average Bonchev–Trinajstić information content (AvgIpc) is 3.44. The zero-order valence-electron chi connectivity index (χ0n) is 23.5. The number of sulfonamides is 1. The maximum Gasteiger partial charge on any atom is 0.421 e. The molecule has 2 N–H and O–H groups in total. The molecule has 0 bridgehead atoms. The normalized spacial score (nSPS) is 14.3. The van der Waals surface area contributed by atoms with E-state index in [-0.39, 0.29) is 21.9 Å². The van der Waals surface area contributed by atoms with Gasteiger partial charge in [-0.1, -0.05) is 48.0 Å². The summed E-state index contributed by atoms with van der Waals surface area (Å²) in [7, 11) is -1.31. The molecule has 44 heavy (non-hydrogen) atoms. The molecule has 2 atom stereocenters. The minimum absolute atomic E-state index is 0.0632. The van der Waals surface area contributed by atoms with Crippen LogP contribution in [0.25, 0.3) is 21.3 Å². The smallest absolute Gasteiger partial charge is 0.421 e. The number of fused-ring (bicyclic) bond motifs is 1. The Hall–Kier alpha value is -3.68. The molecule has 5 aromatic rings. The van der Waals surface area contributed by atoms with Gasteiger partial charge in [-0.25, -0.2) is 8.42 Å². The van der Waals surface area contributed by atoms with Crippen molar-refractivity contribution >= 4 is 43.0 Å². The summed E-state index contributed by atoms with van der Waals surface area (Å²) in [6.07, 6.45) is -3.69. The number of nitrogens with one attached hydrogen (secondary N) is 1. The maximum atomic E-state index is 13.7. The monoisotopic (exact) mass is 662 g/mol. The van der Waals surface area contributed by atoms with Gasteiger partial charge in [0, 0.05) is 32.4 Å². The number of hydrogen-bond donors (Lipinski definition) is 2. The lowest BCUT2D eigenvalue weighted by Crippen LogP contribution is -2.39. The van der Waals surface area contributed by atoms with Crippen molar-refractivity contribution in [2.75, 3.05) is 14.2 Å². The first kappa shape index (κ1) is 31.7. The van der Waals surface area contributed by atoms with E-state index in [9.17, 15) is 26.7 Å². The zero-order chi connectivity index (χ0) is 31.9. The lowest BCUT2D eigenvalue weighted by Gasteiger charge is -2.26. The number of thiophene rings is 1. The molecule has 0 aliphatic heterocycles. The number of methoxy groups -OCH3 is 2. The summed E-state index contributed by atoms with van der Waals surface area (Å²) in [6.45, 7) is 0.689. The molecule has 0 spiro atoms. The number of aliphatic hydroxyl groups is 1. The molecular weight excluding hydrogens is 637 g/mol. The molecule has 0 aliphatic carbocycles. The number of ether oxygens (including phenoxy) is 2. The standard InChI is InChI=1S/C31H26ClF3N2O5S2/c1-30(38,31(33,34)35)19-13-14-36-24(16-19)22-9-6-7-18-15-27(43-29(18)22)28(21-8-4-5-10-23(21)32)37-44(39,40)20-11-12-25(41-2)26(17-20)42-3/h4-17,28,37-38H,1-3H3/t28?,30-/m1/s1. The number of aromatic nitrogens is 1. The second-order valence-corrected chi connectivity index (χ2v) is 13.2. The molecule has 3 aromatic carbocycles. The molecule has 230 valence electrons. The quantitative estimate of drug-likeness (QED) is 0.170. The molecular formula is C31H26ClF3N2O5S2. The summed E-state index contributed by atoms with van der Waals surface area (Å²) >= 11 is 7.81. The average molecular weight is 663 g/mol. The Kier molecular flexibility index (Phi) is 8.67. The van der Waals surface area contributed by atoms with Crippen LogP contribution in [0.1, 0.15) is 29.0 Å². The summed E-state index contributed by atoms with van der Waals surface area (Å²) in [5.41, 5.74) is -2.23. The largest absolute Gasteiger partial charge is 0.493 e. The first-order valence-electron chi connectivity index (χ1n) is 13.0. The molecule has 0 amide bonds. The third-order valence-corrected chi connectivity index (χ3v) is 10.2. The van der Waals surface area contributed by atoms with Crippen LogP contribution < -0.4 is 14.2 Å². The van der Waals surface area contributed by atoms with Crippen LogP contribution in [0.5, 0.6) is 11.5 Å². The van der Waals surface area contributed by atoms with E-state index >= 15 is 0 Å². The number of nitrogens with zero attached hydrogens (tertiary/aromatic N) is 1. The lowest BCUT2D eigenvalue weighted by molar-refractivity contribution is -0.258. The molecule has 0 saturated carbocycles. The van der Waals surface area contributed by atoms with Crippen LogP contribution in [0.2, 0.25) is 5.02 Å². The van der Waals surface area contributed by atoms with Crippen molar-refractivity contribution in [3.8, 4) is 22.8 Å². The molecule has 1 unspecified atom stereocenters. The highest BCUT2D eigenvalue weighted by atomic mass is 35.5. The minimum Gasteiger partial charge on any atom is -0.493 e. The van der Waals surface area contributed by atoms with E-state index in [1.807, 2.05) is 0 Å². The summed E-state index contributed by atoms with van der Waals surface area (Å²) in [5, 5.41) is 11.3. The van der Waals surface area contributed by atoms with Gasteiger partial charge in [-0.3, -0.25) is 4.98 Å². The predicted octanol–water partition coefficient (Wildman–Crippen LogP) is 7.47. The van der Waals surface area contributed by atoms with Gasteiger partial charge in [-0.2, -0.15) is 17.9 Å². The Balaban J connectivity index is 1.62. The highest BCUT2D eigenvalue weighted by Crippen LogP contribution is 2.43. The van der Waals surface area contributed by atoms with E-state index in [1.165, 1.54) is 56.0 Å². The minimum atomic E-state index is -4.90. The third-order valence-electron chi connectivity index (χ3n) is 7.15. The maximum absolute atomic E-state index is 13.7. The Morgan fingerprint density at radius 3 is 2.36 bits per heavy atom. The van der Waals surface area contributed by atoms with Gasteiger partial charge in [0.1, 0.15) is 0 Å². The Morgan fingerprint density at radius 1 is 0.955 bits per heavy atom. The van der Waals surface area contributed by atoms with Crippen molar-refractivity contribution in [2.24, 2.45) is 0 Å². The van der Waals surface area contributed by atoms with Crippen LogP contribution in [0, 0.1) is 0 Å². The van der Waals surface area contributed by atoms with E-state index in [0.717, 1.165) is 6.07 Å². The van der Waals surface area contributed by atoms with E-state index in [2.05, 4.69) is 9.71 Å². The highest BCUT2D eigenvalue weighted by Gasteiger charge is 2.51. The van der Waals surface area contributed by atoms with Crippen molar-refractivity contribution in [3.63, 3.8) is 0 Å². The van der Waals surface area contributed by atoms with Crippen molar-refractivity contribution in [1.82, 2.24) is 9.71 Å². The third kappa shape index (κ3) is 6.00. The second kappa shape index (κ2) is 12.0. The van der Waals surface area contributed by atoms with Crippen LogP contribution in [-0.4, -0.2) is 38.9 Å². The van der Waals surface area contributed by atoms with Crippen LogP contribution in [0.4, 0.5) is 13.2 Å². The van der Waals surface area contributed by atoms with E-state index in [1.54, 1.807) is 48.5 Å². The number of hydrogen-bond acceptors (Lipinski definition) is 7. The van der Waals surface area contributed by atoms with Crippen molar-refractivity contribution in [3.05, 3.63) is 106 Å². The molecule has 7 nitrogen and oxygen atoms in total. The fourth-order valence-corrected chi connectivity index (χ4v) is 7.44. The molecule has 0 radical (unpaired) electrons. The molecule has 5 rings (SSSR count). The van der Waals surface area contributed by atoms with Crippen LogP contribution in [0.3, 0.4) is 0 Å². The molecule has 0 aliphatic rings. The molecule has 0 fully saturated rings. The van der Waals surface area contributed by atoms with E-state index in [0.29, 0.717) is 43.8 Å². The van der Waals surface area contributed by atoms with Gasteiger partial charge in [0.25, 0.3) is 0 Å². The Morgan fingerprint density at radius 2 is 1.68 bits per heavy atom. The van der Waals surface area contributed by atoms with Gasteiger partial charge in [0.05, 0.1) is 30.9 Å². The van der Waals surface area contributed by atoms with Crippen molar-refractivity contribution < 1.29 is 36.2 Å². The fraction of sp³-hybridized carbons (Fsp3) is 0.194. The second-order valence-electron chi connectivity index (χ2n) is 9.97. The van der Waals surface area contributed by atoms with Gasteiger partial charge < -0.3 is 14.6 Å². The van der Waals surface area contributed by atoms with Crippen LogP contribution >= 0.6 is 22.9 Å². The summed E-state index contributed by atoms with van der Waals surface area (Å²) in [5.74, 6) is 0.593. The Bertz CT molecular complexity index is 1940. The topological polar surface area (TPSA) is 97.8 Å². The first-order valence-corrected chi connectivity index (χ1v) is 15.7. The van der Waals surface area contributed by atoms with Crippen LogP contribution in [0.15, 0.2) is 90.0 Å². The van der Waals surface area contributed by atoms with Gasteiger partial charge in [0.2, 0.25) is 10.0 Å².